The van der Waals surface area contributed by atoms with Gasteiger partial charge in [0.25, 0.3) is 0 Å². The van der Waals surface area contributed by atoms with E-state index < -0.39 is 12.1 Å². The number of hydrogen-bond acceptors (Lipinski definition) is 5. The maximum absolute atomic E-state index is 12.6. The lowest BCUT2D eigenvalue weighted by atomic mass is 9.89. The van der Waals surface area contributed by atoms with E-state index in [2.05, 4.69) is 13.0 Å². The van der Waals surface area contributed by atoms with Crippen molar-refractivity contribution in [2.75, 3.05) is 26.9 Å². The molecule has 1 aliphatic rings. The molecule has 162 valence electrons. The molecule has 1 unspecified atom stereocenters. The monoisotopic (exact) mass is 412 g/mol. The molecule has 0 aliphatic carbocycles. The van der Waals surface area contributed by atoms with Crippen LogP contribution in [0.25, 0.3) is 11.1 Å². The second kappa shape index (κ2) is 10.5. The SMILES string of the molecule is CCCCOc1ccc(C)c(C(OCC)C(=O)OC)c1-c1ccc2c(c1)CCCO2. The summed E-state index contributed by atoms with van der Waals surface area (Å²) in [5.41, 5.74) is 4.83. The van der Waals surface area contributed by atoms with Gasteiger partial charge in [-0.3, -0.25) is 0 Å². The normalized spacial score (nSPS) is 13.9. The molecule has 0 amide bonds. The first-order chi connectivity index (χ1) is 14.6. The summed E-state index contributed by atoms with van der Waals surface area (Å²) in [4.78, 5) is 12.6. The van der Waals surface area contributed by atoms with Gasteiger partial charge in [-0.05, 0) is 68.0 Å². The average Bonchev–Trinajstić information content (AvgIpc) is 2.77. The van der Waals surface area contributed by atoms with E-state index in [0.29, 0.717) is 13.2 Å². The van der Waals surface area contributed by atoms with Gasteiger partial charge in [-0.2, -0.15) is 0 Å². The highest BCUT2D eigenvalue weighted by Crippen LogP contribution is 2.42. The second-order valence-corrected chi connectivity index (χ2v) is 7.50. The van der Waals surface area contributed by atoms with Gasteiger partial charge in [0, 0.05) is 17.7 Å². The summed E-state index contributed by atoms with van der Waals surface area (Å²) < 4.78 is 22.9. The Balaban J connectivity index is 2.18. The maximum atomic E-state index is 12.6. The summed E-state index contributed by atoms with van der Waals surface area (Å²) in [6.45, 7) is 7.78. The van der Waals surface area contributed by atoms with Crippen LogP contribution in [0, 0.1) is 6.92 Å². The van der Waals surface area contributed by atoms with Gasteiger partial charge in [0.05, 0.1) is 20.3 Å². The van der Waals surface area contributed by atoms with E-state index in [9.17, 15) is 4.79 Å². The molecular formula is C25H32O5. The van der Waals surface area contributed by atoms with Crippen LogP contribution in [0.2, 0.25) is 0 Å². The standard InChI is InChI=1S/C25H32O5/c1-5-7-14-30-21-12-10-17(3)22(24(28-6-2)25(26)27-4)23(21)19-11-13-20-18(16-19)9-8-15-29-20/h10-13,16,24H,5-9,14-15H2,1-4H3. The second-order valence-electron chi connectivity index (χ2n) is 7.50. The molecule has 0 N–H and O–H groups in total. The molecule has 5 nitrogen and oxygen atoms in total. The summed E-state index contributed by atoms with van der Waals surface area (Å²) in [6, 6.07) is 10.2. The number of carbonyl (C=O) groups is 1. The van der Waals surface area contributed by atoms with Crippen LogP contribution in [0.3, 0.4) is 0 Å². The quantitative estimate of drug-likeness (QED) is 0.407. The highest BCUT2D eigenvalue weighted by atomic mass is 16.6. The minimum atomic E-state index is -0.808. The van der Waals surface area contributed by atoms with E-state index in [0.717, 1.165) is 66.0 Å². The number of benzene rings is 2. The fourth-order valence-electron chi connectivity index (χ4n) is 3.84. The van der Waals surface area contributed by atoms with Crippen LogP contribution in [0.1, 0.15) is 55.9 Å². The van der Waals surface area contributed by atoms with E-state index in [4.69, 9.17) is 18.9 Å². The van der Waals surface area contributed by atoms with Crippen LogP contribution in [0.5, 0.6) is 11.5 Å². The number of esters is 1. The minimum Gasteiger partial charge on any atom is -0.493 e. The van der Waals surface area contributed by atoms with E-state index in [1.54, 1.807) is 0 Å². The van der Waals surface area contributed by atoms with Gasteiger partial charge in [0.1, 0.15) is 11.5 Å². The van der Waals surface area contributed by atoms with Crippen molar-refractivity contribution in [2.24, 2.45) is 0 Å². The third kappa shape index (κ3) is 4.78. The third-order valence-electron chi connectivity index (χ3n) is 5.39. The van der Waals surface area contributed by atoms with Crippen molar-refractivity contribution in [1.82, 2.24) is 0 Å². The lowest BCUT2D eigenvalue weighted by Gasteiger charge is -2.24. The Hall–Kier alpha value is -2.53. The Morgan fingerprint density at radius 2 is 2.03 bits per heavy atom. The lowest BCUT2D eigenvalue weighted by molar-refractivity contribution is -0.154. The molecule has 0 bridgehead atoms. The molecule has 0 radical (unpaired) electrons. The third-order valence-corrected chi connectivity index (χ3v) is 5.39. The molecule has 2 aromatic rings. The molecule has 1 heterocycles. The van der Waals surface area contributed by atoms with Gasteiger partial charge >= 0.3 is 5.97 Å². The summed E-state index contributed by atoms with van der Waals surface area (Å²) >= 11 is 0. The Kier molecular flexibility index (Phi) is 7.75. The van der Waals surface area contributed by atoms with Crippen molar-refractivity contribution >= 4 is 5.97 Å². The van der Waals surface area contributed by atoms with Crippen LogP contribution in [-0.2, 0) is 20.7 Å². The molecule has 2 aromatic carbocycles. The molecule has 5 heteroatoms. The number of aryl methyl sites for hydroxylation is 2. The Morgan fingerprint density at radius 1 is 1.20 bits per heavy atom. The minimum absolute atomic E-state index is 0.400. The van der Waals surface area contributed by atoms with Gasteiger partial charge in [0.15, 0.2) is 6.10 Å². The van der Waals surface area contributed by atoms with E-state index in [1.807, 2.05) is 38.1 Å². The molecule has 0 saturated heterocycles. The van der Waals surface area contributed by atoms with Crippen molar-refractivity contribution in [3.05, 3.63) is 47.0 Å². The number of ether oxygens (including phenoxy) is 4. The van der Waals surface area contributed by atoms with Crippen LogP contribution in [0.4, 0.5) is 0 Å². The zero-order chi connectivity index (χ0) is 21.5. The fourth-order valence-corrected chi connectivity index (χ4v) is 3.84. The Morgan fingerprint density at radius 3 is 2.77 bits per heavy atom. The van der Waals surface area contributed by atoms with Crippen molar-refractivity contribution in [1.29, 1.82) is 0 Å². The van der Waals surface area contributed by atoms with Crippen LogP contribution in [0.15, 0.2) is 30.3 Å². The zero-order valence-electron chi connectivity index (χ0n) is 18.5. The number of methoxy groups -OCH3 is 1. The largest absolute Gasteiger partial charge is 0.493 e. The number of carbonyl (C=O) groups excluding carboxylic acids is 1. The number of hydrogen-bond donors (Lipinski definition) is 0. The topological polar surface area (TPSA) is 54.0 Å². The predicted molar refractivity (Wildman–Crippen MR) is 117 cm³/mol. The number of fused-ring (bicyclic) bond motifs is 1. The first-order valence-electron chi connectivity index (χ1n) is 10.8. The van der Waals surface area contributed by atoms with Gasteiger partial charge in [0.2, 0.25) is 0 Å². The van der Waals surface area contributed by atoms with E-state index in [1.165, 1.54) is 12.7 Å². The van der Waals surface area contributed by atoms with Crippen LogP contribution < -0.4 is 9.47 Å². The van der Waals surface area contributed by atoms with Crippen molar-refractivity contribution < 1.29 is 23.7 Å². The fraction of sp³-hybridized carbons (Fsp3) is 0.480. The Labute approximate surface area is 179 Å². The summed E-state index contributed by atoms with van der Waals surface area (Å²) in [7, 11) is 1.39. The highest BCUT2D eigenvalue weighted by Gasteiger charge is 2.29. The summed E-state index contributed by atoms with van der Waals surface area (Å²) in [6.07, 6.45) is 3.18. The summed E-state index contributed by atoms with van der Waals surface area (Å²) in [5.74, 6) is 1.28. The molecule has 0 fully saturated rings. The van der Waals surface area contributed by atoms with E-state index >= 15 is 0 Å². The van der Waals surface area contributed by atoms with Gasteiger partial charge in [-0.1, -0.05) is 25.5 Å². The van der Waals surface area contributed by atoms with Crippen molar-refractivity contribution in [3.63, 3.8) is 0 Å². The van der Waals surface area contributed by atoms with Gasteiger partial charge < -0.3 is 18.9 Å². The zero-order valence-corrected chi connectivity index (χ0v) is 18.5. The van der Waals surface area contributed by atoms with Crippen molar-refractivity contribution in [2.45, 2.75) is 52.6 Å². The molecule has 0 saturated carbocycles. The first kappa shape index (κ1) is 22.2. The smallest absolute Gasteiger partial charge is 0.339 e. The number of rotatable bonds is 9. The first-order valence-corrected chi connectivity index (χ1v) is 10.8. The van der Waals surface area contributed by atoms with Crippen LogP contribution >= 0.6 is 0 Å². The van der Waals surface area contributed by atoms with Gasteiger partial charge in [-0.25, -0.2) is 4.79 Å². The lowest BCUT2D eigenvalue weighted by Crippen LogP contribution is -2.20. The molecule has 3 rings (SSSR count). The molecule has 30 heavy (non-hydrogen) atoms. The van der Waals surface area contributed by atoms with Gasteiger partial charge in [-0.15, -0.1) is 0 Å². The predicted octanol–water partition coefficient (Wildman–Crippen LogP) is 5.42. The Bertz CT molecular complexity index is 874. The summed E-state index contributed by atoms with van der Waals surface area (Å²) in [5, 5.41) is 0. The number of unbranched alkanes of at least 4 members (excludes halogenated alkanes) is 1. The molecule has 1 atom stereocenters. The molecular weight excluding hydrogens is 380 g/mol. The van der Waals surface area contributed by atoms with Crippen LogP contribution in [-0.4, -0.2) is 32.9 Å². The van der Waals surface area contributed by atoms with Crippen molar-refractivity contribution in [3.8, 4) is 22.6 Å². The molecule has 0 aromatic heterocycles. The maximum Gasteiger partial charge on any atom is 0.339 e. The van der Waals surface area contributed by atoms with E-state index in [-0.39, 0.29) is 0 Å². The highest BCUT2D eigenvalue weighted by molar-refractivity contribution is 5.85. The molecule has 0 spiro atoms. The average molecular weight is 413 g/mol. The molecule has 1 aliphatic heterocycles.